The van der Waals surface area contributed by atoms with Crippen molar-refractivity contribution in [3.63, 3.8) is 0 Å². The van der Waals surface area contributed by atoms with Gasteiger partial charge in [-0.3, -0.25) is 9.59 Å². The lowest BCUT2D eigenvalue weighted by molar-refractivity contribution is -0.149. The number of nitriles is 1. The van der Waals surface area contributed by atoms with Gasteiger partial charge in [0.1, 0.15) is 25.1 Å². The monoisotopic (exact) mass is 679 g/mol. The number of nitrogens with two attached hydrogens (primary N) is 1. The molecular formula is C39H70N2O7. The number of nitrogens with zero attached hydrogens (tertiary/aromatic N) is 1. The van der Waals surface area contributed by atoms with Gasteiger partial charge in [0.2, 0.25) is 0 Å². The van der Waals surface area contributed by atoms with Crippen molar-refractivity contribution in [3.8, 4) is 11.8 Å². The molecule has 1 heterocycles. The number of hydrogen-bond donors (Lipinski definition) is 1. The Balaban J connectivity index is -0.000000561. The number of benzene rings is 1. The van der Waals surface area contributed by atoms with Gasteiger partial charge >= 0.3 is 11.9 Å². The Morgan fingerprint density at radius 3 is 1.75 bits per heavy atom. The van der Waals surface area contributed by atoms with E-state index in [9.17, 15) is 9.59 Å². The van der Waals surface area contributed by atoms with E-state index in [0.717, 1.165) is 44.5 Å². The van der Waals surface area contributed by atoms with Crippen LogP contribution in [0.4, 0.5) is 0 Å². The lowest BCUT2D eigenvalue weighted by atomic mass is 9.99. The molecule has 6 unspecified atom stereocenters. The quantitative estimate of drug-likeness (QED) is 0.0787. The van der Waals surface area contributed by atoms with Crippen LogP contribution in [0.2, 0.25) is 0 Å². The van der Waals surface area contributed by atoms with Gasteiger partial charge in [-0.2, -0.15) is 5.26 Å². The molecule has 2 N–H and O–H groups in total. The van der Waals surface area contributed by atoms with Crippen LogP contribution in [0.15, 0.2) is 36.4 Å². The summed E-state index contributed by atoms with van der Waals surface area (Å²) in [5.41, 5.74) is 7.76. The van der Waals surface area contributed by atoms with Gasteiger partial charge in [-0.25, -0.2) is 0 Å². The Morgan fingerprint density at radius 2 is 1.42 bits per heavy atom. The van der Waals surface area contributed by atoms with Gasteiger partial charge in [-0.1, -0.05) is 73.1 Å². The minimum atomic E-state index is -0.181. The number of esters is 2. The first-order valence-corrected chi connectivity index (χ1v) is 17.8. The van der Waals surface area contributed by atoms with Gasteiger partial charge in [0.25, 0.3) is 0 Å². The van der Waals surface area contributed by atoms with Crippen LogP contribution >= 0.6 is 0 Å². The third kappa shape index (κ3) is 30.4. The minimum Gasteiger partial charge on any atom is -0.465 e. The predicted octanol–water partition coefficient (Wildman–Crippen LogP) is 9.00. The number of allylic oxidation sites excluding steroid dienone is 1. The largest absolute Gasteiger partial charge is 0.465 e. The smallest absolute Gasteiger partial charge is 0.308 e. The van der Waals surface area contributed by atoms with Crippen molar-refractivity contribution in [2.45, 2.75) is 134 Å². The maximum absolute atomic E-state index is 11.0. The molecule has 0 bridgehead atoms. The van der Waals surface area contributed by atoms with Crippen molar-refractivity contribution in [3.05, 3.63) is 42.0 Å². The molecule has 0 saturated carbocycles. The topological polar surface area (TPSA) is 133 Å². The van der Waals surface area contributed by atoms with Gasteiger partial charge < -0.3 is 29.4 Å². The minimum absolute atomic E-state index is 0.00606. The van der Waals surface area contributed by atoms with E-state index in [1.165, 1.54) is 11.1 Å². The first kappa shape index (κ1) is 49.5. The number of rotatable bonds is 16. The fourth-order valence-electron chi connectivity index (χ4n) is 2.78. The second kappa shape index (κ2) is 32.6. The summed E-state index contributed by atoms with van der Waals surface area (Å²) in [6.07, 6.45) is 4.90. The van der Waals surface area contributed by atoms with Crippen molar-refractivity contribution in [1.29, 1.82) is 5.26 Å². The lowest BCUT2D eigenvalue weighted by Crippen LogP contribution is -2.18. The molecule has 2 rings (SSSR count). The average Bonchev–Trinajstić information content (AvgIpc) is 3.94. The molecule has 1 aromatic carbocycles. The molecule has 0 amide bonds. The summed E-state index contributed by atoms with van der Waals surface area (Å²) in [6, 6.07) is 10.4. The lowest BCUT2D eigenvalue weighted by Gasteiger charge is -2.15. The van der Waals surface area contributed by atoms with Gasteiger partial charge in [0.15, 0.2) is 6.29 Å². The van der Waals surface area contributed by atoms with Crippen molar-refractivity contribution in [2.24, 2.45) is 23.5 Å². The molecular weight excluding hydrogens is 608 g/mol. The molecule has 6 atom stereocenters. The third-order valence-electron chi connectivity index (χ3n) is 7.41. The van der Waals surface area contributed by atoms with E-state index in [2.05, 4.69) is 45.6 Å². The number of carbonyl (C=O) groups excluding carboxylic acids is 2. The molecule has 0 aromatic heterocycles. The molecule has 1 saturated heterocycles. The summed E-state index contributed by atoms with van der Waals surface area (Å²) in [7, 11) is 0. The van der Waals surface area contributed by atoms with E-state index in [-0.39, 0.29) is 42.1 Å². The highest BCUT2D eigenvalue weighted by Crippen LogP contribution is 2.22. The number of carbonyl (C=O) groups is 2. The highest BCUT2D eigenvalue weighted by Gasteiger charge is 2.25. The highest BCUT2D eigenvalue weighted by molar-refractivity contribution is 5.72. The molecule has 1 aromatic rings. The second-order valence-corrected chi connectivity index (χ2v) is 11.9. The summed E-state index contributed by atoms with van der Waals surface area (Å²) in [4.78, 5) is 21.9. The first-order chi connectivity index (χ1) is 22.7. The van der Waals surface area contributed by atoms with E-state index < -0.39 is 0 Å². The molecule has 1 fully saturated rings. The summed E-state index contributed by atoms with van der Waals surface area (Å²) in [5.74, 6) is 1.49. The molecule has 48 heavy (non-hydrogen) atoms. The Kier molecular flexibility index (Phi) is 33.6. The van der Waals surface area contributed by atoms with Crippen molar-refractivity contribution >= 4 is 11.9 Å². The van der Waals surface area contributed by atoms with E-state index in [1.54, 1.807) is 0 Å². The molecule has 1 aliphatic rings. The molecule has 0 radical (unpaired) electrons. The van der Waals surface area contributed by atoms with Crippen LogP contribution in [0.25, 0.3) is 0 Å². The molecule has 0 spiro atoms. The molecule has 1 aliphatic heterocycles. The van der Waals surface area contributed by atoms with E-state index in [1.807, 2.05) is 74.4 Å². The molecule has 9 heteroatoms. The Hall–Kier alpha value is -2.93. The molecule has 278 valence electrons. The van der Waals surface area contributed by atoms with E-state index >= 15 is 0 Å². The second-order valence-electron chi connectivity index (χ2n) is 11.9. The number of hydrogen-bond acceptors (Lipinski definition) is 9. The van der Waals surface area contributed by atoms with Gasteiger partial charge in [-0.15, -0.1) is 6.58 Å². The van der Waals surface area contributed by atoms with Crippen molar-refractivity contribution < 1.29 is 33.3 Å². The fourth-order valence-corrected chi connectivity index (χ4v) is 2.78. The van der Waals surface area contributed by atoms with Gasteiger partial charge in [0.05, 0.1) is 24.5 Å². The van der Waals surface area contributed by atoms with Gasteiger partial charge in [-0.05, 0) is 83.4 Å². The van der Waals surface area contributed by atoms with Gasteiger partial charge in [0, 0.05) is 19.1 Å². The normalized spacial score (nSPS) is 15.5. The average molecular weight is 679 g/mol. The van der Waals surface area contributed by atoms with Crippen LogP contribution in [-0.4, -0.2) is 57.3 Å². The first-order valence-electron chi connectivity index (χ1n) is 17.8. The van der Waals surface area contributed by atoms with Crippen molar-refractivity contribution in [2.75, 3.05) is 33.0 Å². The SMILES string of the molecule is C=C(C)CC.CCC(C)C#N.CCC(C)C(=O)OCC1CO1.CCC(C)C(=O)OCCN.CCOC(C)Oc1ccc(C(C)CC)cc1. The summed E-state index contributed by atoms with van der Waals surface area (Å²) in [5, 5.41) is 8.08. The zero-order chi connectivity index (χ0) is 37.5. The van der Waals surface area contributed by atoms with E-state index in [0.29, 0.717) is 32.3 Å². The summed E-state index contributed by atoms with van der Waals surface area (Å²) in [6.45, 7) is 30.3. The number of epoxide rings is 1. The predicted molar refractivity (Wildman–Crippen MR) is 197 cm³/mol. The van der Waals surface area contributed by atoms with Crippen LogP contribution < -0.4 is 10.5 Å². The number of ether oxygens (including phenoxy) is 5. The van der Waals surface area contributed by atoms with Crippen LogP contribution in [0.5, 0.6) is 5.75 Å². The maximum Gasteiger partial charge on any atom is 0.308 e. The summed E-state index contributed by atoms with van der Waals surface area (Å²) >= 11 is 0. The Morgan fingerprint density at radius 1 is 0.917 bits per heavy atom. The van der Waals surface area contributed by atoms with E-state index in [4.69, 9.17) is 34.7 Å². The molecule has 0 aliphatic carbocycles. The summed E-state index contributed by atoms with van der Waals surface area (Å²) < 4.78 is 25.6. The zero-order valence-corrected chi connectivity index (χ0v) is 32.4. The third-order valence-corrected chi connectivity index (χ3v) is 7.41. The fraction of sp³-hybridized carbons (Fsp3) is 0.718. The van der Waals surface area contributed by atoms with Crippen LogP contribution in [-0.2, 0) is 28.5 Å². The van der Waals surface area contributed by atoms with Crippen LogP contribution in [0.3, 0.4) is 0 Å². The standard InChI is InChI=1S/C14H22O2.C8H14O3.C7H15NO2.C5H9N.C5H10/c1-5-11(3)13-7-9-14(10-8-13)16-12(4)15-6-2;1-3-6(2)8(9)11-5-7-4-10-7;1-3-6(2)7(9)10-5-4-8;1-3-5(2)4-6;1-4-5(2)3/h7-12H,5-6H2,1-4H3;6-7H,3-5H2,1-2H3;6H,3-5,8H2,1-2H3;5H,3H2,1-2H3;2,4H2,1,3H3. The molecule has 9 nitrogen and oxygen atoms in total. The highest BCUT2D eigenvalue weighted by atomic mass is 16.7. The zero-order valence-electron chi connectivity index (χ0n) is 32.4. The van der Waals surface area contributed by atoms with Crippen LogP contribution in [0.1, 0.15) is 127 Å². The van der Waals surface area contributed by atoms with Crippen molar-refractivity contribution in [1.82, 2.24) is 0 Å². The van der Waals surface area contributed by atoms with Crippen LogP contribution in [0, 0.1) is 29.1 Å². The maximum atomic E-state index is 11.0. The Bertz CT molecular complexity index is 974. The Labute approximate surface area is 293 Å².